The van der Waals surface area contributed by atoms with E-state index in [1.807, 2.05) is 6.07 Å². The average molecular weight is 364 g/mol. The largest absolute Gasteiger partial charge is 0.369 e. The Hall–Kier alpha value is -2.04. The topological polar surface area (TPSA) is 24.9 Å². The number of benzene rings is 2. The third-order valence-corrected chi connectivity index (χ3v) is 6.46. The van der Waals surface area contributed by atoms with Crippen LogP contribution in [-0.2, 0) is 17.7 Å². The Morgan fingerprint density at radius 3 is 2.74 bits per heavy atom. The van der Waals surface area contributed by atoms with Crippen LogP contribution in [-0.4, -0.2) is 44.2 Å². The molecule has 0 bridgehead atoms. The summed E-state index contributed by atoms with van der Waals surface area (Å²) in [5.74, 6) is 1.65. The van der Waals surface area contributed by atoms with Crippen LogP contribution < -0.4 is 9.79 Å². The Labute approximate surface area is 161 Å². The summed E-state index contributed by atoms with van der Waals surface area (Å²) in [6.45, 7) is 6.35. The molecule has 2 aromatic carbocycles. The van der Waals surface area contributed by atoms with Crippen molar-refractivity contribution in [1.29, 1.82) is 0 Å². The molecular formula is C23H28N2O2. The summed E-state index contributed by atoms with van der Waals surface area (Å²) in [7, 11) is 0. The molecule has 0 radical (unpaired) electrons. The first-order chi connectivity index (χ1) is 13.4. The lowest BCUT2D eigenvalue weighted by atomic mass is 9.97. The minimum absolute atomic E-state index is 0.646. The smallest absolute Gasteiger partial charge is 0.170 e. The van der Waals surface area contributed by atoms with Crippen LogP contribution in [0.15, 0.2) is 42.5 Å². The predicted octanol–water partition coefficient (Wildman–Crippen LogP) is 3.80. The van der Waals surface area contributed by atoms with Crippen molar-refractivity contribution in [1.82, 2.24) is 4.90 Å². The van der Waals surface area contributed by atoms with Crippen LogP contribution >= 0.6 is 0 Å². The fourth-order valence-corrected chi connectivity index (χ4v) is 4.92. The highest BCUT2D eigenvalue weighted by Crippen LogP contribution is 2.36. The summed E-state index contributed by atoms with van der Waals surface area (Å²) in [6.07, 6.45) is 4.83. The molecule has 1 aliphatic carbocycles. The zero-order valence-corrected chi connectivity index (χ0v) is 15.9. The molecule has 5 rings (SSSR count). The molecule has 4 heteroatoms. The number of nitrogens with zero attached hydrogens (tertiary/aromatic N) is 2. The van der Waals surface area contributed by atoms with Gasteiger partial charge in [0.15, 0.2) is 5.75 Å². The number of hydrogen-bond acceptors (Lipinski definition) is 4. The third kappa shape index (κ3) is 3.44. The third-order valence-electron chi connectivity index (χ3n) is 6.46. The highest BCUT2D eigenvalue weighted by Gasteiger charge is 2.25. The monoisotopic (exact) mass is 364 g/mol. The van der Waals surface area contributed by atoms with Gasteiger partial charge in [-0.1, -0.05) is 30.3 Å². The van der Waals surface area contributed by atoms with Crippen LogP contribution in [0, 0.1) is 0 Å². The molecule has 1 atom stereocenters. The van der Waals surface area contributed by atoms with Crippen molar-refractivity contribution < 1.29 is 9.78 Å². The fourth-order valence-electron chi connectivity index (χ4n) is 4.92. The molecule has 0 amide bonds. The van der Waals surface area contributed by atoms with E-state index < -0.39 is 0 Å². The fraction of sp³-hybridized carbons (Fsp3) is 0.478. The van der Waals surface area contributed by atoms with Crippen LogP contribution in [0.2, 0.25) is 0 Å². The number of fused-ring (bicyclic) bond motifs is 2. The zero-order valence-electron chi connectivity index (χ0n) is 15.9. The van der Waals surface area contributed by atoms with Gasteiger partial charge in [-0.25, -0.2) is 0 Å². The first-order valence-corrected chi connectivity index (χ1v) is 10.3. The molecule has 1 fully saturated rings. The first kappa shape index (κ1) is 17.1. The highest BCUT2D eigenvalue weighted by atomic mass is 17.2. The molecule has 2 heterocycles. The number of anilines is 1. The van der Waals surface area contributed by atoms with Gasteiger partial charge in [-0.15, -0.1) is 0 Å². The molecule has 27 heavy (non-hydrogen) atoms. The van der Waals surface area contributed by atoms with Crippen LogP contribution in [0.25, 0.3) is 0 Å². The lowest BCUT2D eigenvalue weighted by molar-refractivity contribution is -0.215. The van der Waals surface area contributed by atoms with Crippen molar-refractivity contribution in [3.05, 3.63) is 59.2 Å². The molecule has 3 aliphatic rings. The van der Waals surface area contributed by atoms with Gasteiger partial charge in [0, 0.05) is 43.9 Å². The normalized spacial score (nSPS) is 22.2. The molecule has 1 saturated heterocycles. The molecule has 0 spiro atoms. The van der Waals surface area contributed by atoms with Crippen LogP contribution in [0.3, 0.4) is 0 Å². The molecule has 4 nitrogen and oxygen atoms in total. The molecule has 0 aromatic heterocycles. The maximum Gasteiger partial charge on any atom is 0.170 e. The van der Waals surface area contributed by atoms with Gasteiger partial charge in [0.1, 0.15) is 0 Å². The maximum absolute atomic E-state index is 5.36. The highest BCUT2D eigenvalue weighted by molar-refractivity contribution is 5.60. The van der Waals surface area contributed by atoms with E-state index >= 15 is 0 Å². The lowest BCUT2D eigenvalue weighted by Crippen LogP contribution is -2.47. The van der Waals surface area contributed by atoms with Crippen LogP contribution in [0.4, 0.5) is 5.69 Å². The minimum Gasteiger partial charge on any atom is -0.369 e. The van der Waals surface area contributed by atoms with Gasteiger partial charge in [0.25, 0.3) is 0 Å². The van der Waals surface area contributed by atoms with Crippen molar-refractivity contribution in [2.75, 3.05) is 44.2 Å². The predicted molar refractivity (Wildman–Crippen MR) is 108 cm³/mol. The van der Waals surface area contributed by atoms with Crippen molar-refractivity contribution in [3.8, 4) is 5.75 Å². The van der Waals surface area contributed by atoms with E-state index in [1.165, 1.54) is 37.1 Å². The van der Waals surface area contributed by atoms with E-state index in [9.17, 15) is 0 Å². The zero-order chi connectivity index (χ0) is 18.1. The summed E-state index contributed by atoms with van der Waals surface area (Å²) in [4.78, 5) is 15.7. The Bertz CT molecular complexity index is 799. The van der Waals surface area contributed by atoms with E-state index in [0.717, 1.165) is 44.3 Å². The molecule has 0 saturated carbocycles. The van der Waals surface area contributed by atoms with Gasteiger partial charge < -0.3 is 9.79 Å². The molecular weight excluding hydrogens is 336 g/mol. The Balaban J connectivity index is 1.17. The van der Waals surface area contributed by atoms with Gasteiger partial charge in [0.05, 0.1) is 6.61 Å². The average Bonchev–Trinajstić information content (AvgIpc) is 3.15. The number of hydrogen-bond donors (Lipinski definition) is 0. The minimum atomic E-state index is 0.646. The summed E-state index contributed by atoms with van der Waals surface area (Å²) < 4.78 is 0. The van der Waals surface area contributed by atoms with Crippen molar-refractivity contribution >= 4 is 5.69 Å². The van der Waals surface area contributed by atoms with Crippen LogP contribution in [0.5, 0.6) is 5.75 Å². The first-order valence-electron chi connectivity index (χ1n) is 10.3. The molecule has 142 valence electrons. The van der Waals surface area contributed by atoms with E-state index in [2.05, 4.69) is 46.2 Å². The van der Waals surface area contributed by atoms with Gasteiger partial charge in [-0.2, -0.15) is 4.89 Å². The second-order valence-corrected chi connectivity index (χ2v) is 7.96. The van der Waals surface area contributed by atoms with Crippen molar-refractivity contribution in [3.63, 3.8) is 0 Å². The van der Waals surface area contributed by atoms with Crippen LogP contribution in [0.1, 0.15) is 35.4 Å². The van der Waals surface area contributed by atoms with Gasteiger partial charge in [-0.05, 0) is 55.0 Å². The standard InChI is InChI=1S/C23H28N2O2/c1-2-5-20-18(4-1)8-9-19(20)10-12-24-13-15-25(16-14-24)22-6-3-7-23-21(22)11-17-26-27-23/h1-7,19H,8-17H2. The number of piperazine rings is 1. The lowest BCUT2D eigenvalue weighted by Gasteiger charge is -2.38. The number of aryl methyl sites for hydroxylation is 1. The maximum atomic E-state index is 5.36. The van der Waals surface area contributed by atoms with E-state index in [1.54, 1.807) is 11.1 Å². The number of rotatable bonds is 4. The summed E-state index contributed by atoms with van der Waals surface area (Å²) in [6, 6.07) is 15.4. The Kier molecular flexibility index (Phi) is 4.76. The summed E-state index contributed by atoms with van der Waals surface area (Å²) >= 11 is 0. The van der Waals surface area contributed by atoms with Gasteiger partial charge in [0.2, 0.25) is 0 Å². The SMILES string of the molecule is c1ccc2c(c1)CCC2CCN1CCN(c2cccc3c2CCOO3)CC1. The van der Waals surface area contributed by atoms with Crippen molar-refractivity contribution in [2.24, 2.45) is 0 Å². The Morgan fingerprint density at radius 2 is 1.81 bits per heavy atom. The molecule has 2 aromatic rings. The second-order valence-electron chi connectivity index (χ2n) is 7.96. The van der Waals surface area contributed by atoms with E-state index in [0.29, 0.717) is 6.61 Å². The van der Waals surface area contributed by atoms with Gasteiger partial charge >= 0.3 is 0 Å². The Morgan fingerprint density at radius 1 is 0.926 bits per heavy atom. The molecule has 0 N–H and O–H groups in total. The van der Waals surface area contributed by atoms with E-state index in [-0.39, 0.29) is 0 Å². The second kappa shape index (κ2) is 7.53. The molecule has 1 unspecified atom stereocenters. The molecule has 2 aliphatic heterocycles. The quantitative estimate of drug-likeness (QED) is 0.771. The van der Waals surface area contributed by atoms with Gasteiger partial charge in [-0.3, -0.25) is 4.90 Å². The summed E-state index contributed by atoms with van der Waals surface area (Å²) in [5.41, 5.74) is 5.82. The summed E-state index contributed by atoms with van der Waals surface area (Å²) in [5, 5.41) is 0. The van der Waals surface area contributed by atoms with Crippen molar-refractivity contribution in [2.45, 2.75) is 31.6 Å². The van der Waals surface area contributed by atoms with E-state index in [4.69, 9.17) is 9.78 Å².